The Morgan fingerprint density at radius 2 is 2.00 bits per heavy atom. The molecular formula is C11H7Cl2FN2O2. The van der Waals surface area contributed by atoms with E-state index in [1.54, 1.807) is 0 Å². The van der Waals surface area contributed by atoms with Crippen LogP contribution in [0.2, 0.25) is 10.0 Å². The maximum Gasteiger partial charge on any atom is 0.328 e. The molecule has 0 unspecified atom stereocenters. The highest BCUT2D eigenvalue weighted by Gasteiger charge is 2.07. The van der Waals surface area contributed by atoms with E-state index in [0.717, 1.165) is 10.8 Å². The summed E-state index contributed by atoms with van der Waals surface area (Å²) in [5, 5.41) is 0.215. The lowest BCUT2D eigenvalue weighted by molar-refractivity contribution is 0.593. The number of H-pyrrole nitrogens is 1. The van der Waals surface area contributed by atoms with Crippen LogP contribution in [-0.2, 0) is 6.54 Å². The second kappa shape index (κ2) is 4.96. The maximum absolute atomic E-state index is 13.5. The van der Waals surface area contributed by atoms with Crippen molar-refractivity contribution in [2.45, 2.75) is 6.54 Å². The molecule has 2 rings (SSSR count). The summed E-state index contributed by atoms with van der Waals surface area (Å²) in [6.45, 7) is -0.0677. The smallest absolute Gasteiger partial charge is 0.295 e. The molecule has 0 amide bonds. The number of benzene rings is 1. The van der Waals surface area contributed by atoms with Gasteiger partial charge in [-0.25, -0.2) is 9.18 Å². The summed E-state index contributed by atoms with van der Waals surface area (Å²) in [6, 6.07) is 4.02. The minimum Gasteiger partial charge on any atom is -0.295 e. The molecule has 1 aromatic carbocycles. The van der Waals surface area contributed by atoms with Crippen LogP contribution >= 0.6 is 23.2 Å². The minimum absolute atomic E-state index is 0.0677. The van der Waals surface area contributed by atoms with Crippen molar-refractivity contribution in [1.82, 2.24) is 9.55 Å². The van der Waals surface area contributed by atoms with Crippen LogP contribution in [0.5, 0.6) is 0 Å². The molecular weight excluding hydrogens is 282 g/mol. The Hall–Kier alpha value is -1.59. The van der Waals surface area contributed by atoms with Crippen molar-refractivity contribution in [2.75, 3.05) is 0 Å². The van der Waals surface area contributed by atoms with Gasteiger partial charge in [-0.3, -0.25) is 14.3 Å². The molecule has 0 aliphatic heterocycles. The van der Waals surface area contributed by atoms with E-state index >= 15 is 0 Å². The lowest BCUT2D eigenvalue weighted by Gasteiger charge is -2.07. The molecule has 0 saturated carbocycles. The molecule has 0 fully saturated rings. The van der Waals surface area contributed by atoms with E-state index in [2.05, 4.69) is 0 Å². The zero-order chi connectivity index (χ0) is 13.3. The van der Waals surface area contributed by atoms with Gasteiger partial charge >= 0.3 is 5.69 Å². The van der Waals surface area contributed by atoms with Gasteiger partial charge in [0.1, 0.15) is 10.8 Å². The fraction of sp³-hybridized carbons (Fsp3) is 0.0909. The molecule has 1 aromatic heterocycles. The third-order valence-corrected chi connectivity index (χ3v) is 2.82. The predicted molar refractivity (Wildman–Crippen MR) is 66.8 cm³/mol. The van der Waals surface area contributed by atoms with Crippen molar-refractivity contribution in [3.05, 3.63) is 66.7 Å². The molecule has 4 nitrogen and oxygen atoms in total. The van der Waals surface area contributed by atoms with Crippen LogP contribution in [0.15, 0.2) is 34.0 Å². The Morgan fingerprint density at radius 3 is 2.72 bits per heavy atom. The zero-order valence-electron chi connectivity index (χ0n) is 8.91. The molecule has 0 spiro atoms. The van der Waals surface area contributed by atoms with E-state index in [0.29, 0.717) is 5.02 Å². The van der Waals surface area contributed by atoms with E-state index < -0.39 is 17.1 Å². The summed E-state index contributed by atoms with van der Waals surface area (Å²) in [4.78, 5) is 24.6. The highest BCUT2D eigenvalue weighted by atomic mass is 35.5. The van der Waals surface area contributed by atoms with Gasteiger partial charge in [-0.1, -0.05) is 23.2 Å². The molecule has 1 N–H and O–H groups in total. The Kier molecular flexibility index (Phi) is 3.54. The molecule has 0 bridgehead atoms. The van der Waals surface area contributed by atoms with E-state index in [-0.39, 0.29) is 17.1 Å². The van der Waals surface area contributed by atoms with Crippen LogP contribution in [0.3, 0.4) is 0 Å². The van der Waals surface area contributed by atoms with Crippen molar-refractivity contribution >= 4 is 23.2 Å². The lowest BCUT2D eigenvalue weighted by atomic mass is 10.2. The number of hydrogen-bond donors (Lipinski definition) is 1. The van der Waals surface area contributed by atoms with Crippen molar-refractivity contribution in [3.63, 3.8) is 0 Å². The van der Waals surface area contributed by atoms with Gasteiger partial charge in [0.05, 0.1) is 6.54 Å². The average molecular weight is 289 g/mol. The summed E-state index contributed by atoms with van der Waals surface area (Å²) in [6.07, 6.45) is 1.16. The SMILES string of the molecule is O=c1[nH]c(=O)n(Cc2cc(Cl)ccc2F)cc1Cl. The number of nitrogens with one attached hydrogen (secondary N) is 1. The van der Waals surface area contributed by atoms with Crippen LogP contribution in [0, 0.1) is 5.82 Å². The second-order valence-electron chi connectivity index (χ2n) is 3.60. The Labute approximate surface area is 111 Å². The van der Waals surface area contributed by atoms with Crippen LogP contribution in [0.1, 0.15) is 5.56 Å². The van der Waals surface area contributed by atoms with E-state index in [4.69, 9.17) is 23.2 Å². The highest BCUT2D eigenvalue weighted by Crippen LogP contribution is 2.15. The van der Waals surface area contributed by atoms with E-state index in [1.165, 1.54) is 18.2 Å². The summed E-state index contributed by atoms with van der Waals surface area (Å²) in [7, 11) is 0. The second-order valence-corrected chi connectivity index (χ2v) is 4.44. The van der Waals surface area contributed by atoms with Crippen molar-refractivity contribution in [3.8, 4) is 0 Å². The molecule has 0 aliphatic rings. The number of aromatic amines is 1. The van der Waals surface area contributed by atoms with E-state index in [1.807, 2.05) is 4.98 Å². The summed E-state index contributed by atoms with van der Waals surface area (Å²) < 4.78 is 14.6. The summed E-state index contributed by atoms with van der Waals surface area (Å²) >= 11 is 11.3. The molecule has 0 atom stereocenters. The normalized spacial score (nSPS) is 10.6. The monoisotopic (exact) mass is 288 g/mol. The predicted octanol–water partition coefficient (Wildman–Crippen LogP) is 2.03. The zero-order valence-corrected chi connectivity index (χ0v) is 10.4. The molecule has 0 radical (unpaired) electrons. The largest absolute Gasteiger partial charge is 0.328 e. The van der Waals surface area contributed by atoms with Crippen molar-refractivity contribution in [1.29, 1.82) is 0 Å². The third-order valence-electron chi connectivity index (χ3n) is 2.32. The number of halogens is 3. The van der Waals surface area contributed by atoms with E-state index in [9.17, 15) is 14.0 Å². The Bertz CT molecular complexity index is 709. The van der Waals surface area contributed by atoms with Crippen molar-refractivity contribution in [2.24, 2.45) is 0 Å². The fourth-order valence-corrected chi connectivity index (χ4v) is 1.81. The quantitative estimate of drug-likeness (QED) is 0.919. The Morgan fingerprint density at radius 1 is 1.28 bits per heavy atom. The topological polar surface area (TPSA) is 54.9 Å². The van der Waals surface area contributed by atoms with Gasteiger partial charge in [-0.05, 0) is 18.2 Å². The summed E-state index contributed by atoms with van der Waals surface area (Å²) in [5.41, 5.74) is -1.11. The third kappa shape index (κ3) is 2.63. The molecule has 2 aromatic rings. The first-order valence-electron chi connectivity index (χ1n) is 4.90. The molecule has 0 saturated heterocycles. The first-order valence-corrected chi connectivity index (χ1v) is 5.66. The molecule has 1 heterocycles. The van der Waals surface area contributed by atoms with Gasteiger partial charge in [0.25, 0.3) is 5.56 Å². The van der Waals surface area contributed by atoms with Gasteiger partial charge in [-0.15, -0.1) is 0 Å². The van der Waals surface area contributed by atoms with Crippen molar-refractivity contribution < 1.29 is 4.39 Å². The van der Waals surface area contributed by atoms with Gasteiger partial charge < -0.3 is 0 Å². The molecule has 7 heteroatoms. The van der Waals surface area contributed by atoms with Crippen LogP contribution in [0.4, 0.5) is 4.39 Å². The molecule has 94 valence electrons. The minimum atomic E-state index is -0.676. The van der Waals surface area contributed by atoms with Gasteiger partial charge in [0.2, 0.25) is 0 Å². The molecule has 0 aliphatic carbocycles. The number of rotatable bonds is 2. The number of nitrogens with zero attached hydrogens (tertiary/aromatic N) is 1. The first-order chi connectivity index (χ1) is 8.47. The Balaban J connectivity index is 2.46. The molecule has 18 heavy (non-hydrogen) atoms. The van der Waals surface area contributed by atoms with Crippen LogP contribution in [-0.4, -0.2) is 9.55 Å². The standard InChI is InChI=1S/C11H7Cl2FN2O2/c12-7-1-2-9(14)6(3-7)4-16-5-8(13)10(17)15-11(16)18/h1-3,5H,4H2,(H,15,17,18). The van der Waals surface area contributed by atoms with Crippen LogP contribution < -0.4 is 11.2 Å². The lowest BCUT2D eigenvalue weighted by Crippen LogP contribution is -2.30. The van der Waals surface area contributed by atoms with Crippen LogP contribution in [0.25, 0.3) is 0 Å². The number of hydrogen-bond acceptors (Lipinski definition) is 2. The first kappa shape index (κ1) is 12.9. The highest BCUT2D eigenvalue weighted by molar-refractivity contribution is 6.30. The average Bonchev–Trinajstić information content (AvgIpc) is 2.30. The summed E-state index contributed by atoms with van der Waals surface area (Å²) in [5.74, 6) is -0.492. The number of aromatic nitrogens is 2. The van der Waals surface area contributed by atoms with Gasteiger partial charge in [-0.2, -0.15) is 0 Å². The maximum atomic E-state index is 13.5. The van der Waals surface area contributed by atoms with Gasteiger partial charge in [0, 0.05) is 16.8 Å². The van der Waals surface area contributed by atoms with Gasteiger partial charge in [0.15, 0.2) is 0 Å². The fourth-order valence-electron chi connectivity index (χ4n) is 1.45.